The molecule has 0 aliphatic heterocycles. The van der Waals surface area contributed by atoms with Crippen molar-refractivity contribution in [3.05, 3.63) is 81.9 Å². The number of hydrogen-bond donors (Lipinski definition) is 0. The second kappa shape index (κ2) is 13.2. The lowest BCUT2D eigenvalue weighted by atomic mass is 10.1. The van der Waals surface area contributed by atoms with Gasteiger partial charge in [0.25, 0.3) is 0 Å². The van der Waals surface area contributed by atoms with Crippen LogP contribution in [0.3, 0.4) is 0 Å². The molecule has 0 aromatic heterocycles. The topological polar surface area (TPSA) is 27.7 Å². The minimum atomic E-state index is -8.10. The van der Waals surface area contributed by atoms with E-state index in [0.29, 0.717) is 0 Å². The zero-order chi connectivity index (χ0) is 40.4. The molecule has 2 rings (SSSR count). The molecule has 0 radical (unpaired) electrons. The molecule has 3 nitrogen and oxygen atoms in total. The fourth-order valence-corrected chi connectivity index (χ4v) is 3.07. The Hall–Kier alpha value is -4.50. The second-order valence-corrected chi connectivity index (χ2v) is 8.62. The standard InChI is InChI=1S/C22F26O3/c23-1-3(25)7(29)11(8(30)4(1)26)50-19(41,21(43,44)45)17(37,38)13(15(33)34)49-14(16(35)36)18(39,40)20(42,22(46,47)48)51-12-9(31)5(27)2(24)6(28)10(12)32. The molecule has 2 unspecified atom stereocenters. The SMILES string of the molecule is FC(F)=C(OC(=C(F)F)C(F)(F)C(F)(Oc1c(F)c(F)c(F)c(F)c1F)C(F)(F)F)C(F)(F)C(F)(Oc1c(F)c(F)c(F)c(F)c1F)C(F)(F)F. The summed E-state index contributed by atoms with van der Waals surface area (Å²) in [6.07, 6.45) is -26.2. The third-order valence-corrected chi connectivity index (χ3v) is 5.48. The zero-order valence-electron chi connectivity index (χ0n) is 22.1. The van der Waals surface area contributed by atoms with Crippen LogP contribution in [0.4, 0.5) is 114 Å². The van der Waals surface area contributed by atoms with Gasteiger partial charge < -0.3 is 14.2 Å². The van der Waals surface area contributed by atoms with E-state index in [1.165, 1.54) is 0 Å². The number of benzene rings is 2. The van der Waals surface area contributed by atoms with E-state index >= 15 is 0 Å². The van der Waals surface area contributed by atoms with Crippen LogP contribution in [-0.4, -0.2) is 35.9 Å². The van der Waals surface area contributed by atoms with E-state index in [-0.39, 0.29) is 0 Å². The molecule has 0 aliphatic rings. The van der Waals surface area contributed by atoms with Gasteiger partial charge in [-0.15, -0.1) is 0 Å². The summed E-state index contributed by atoms with van der Waals surface area (Å²) >= 11 is 0. The van der Waals surface area contributed by atoms with Gasteiger partial charge in [0.15, 0.2) is 0 Å². The van der Waals surface area contributed by atoms with Crippen molar-refractivity contribution in [2.45, 2.75) is 35.9 Å². The van der Waals surface area contributed by atoms with Gasteiger partial charge in [-0.2, -0.15) is 87.8 Å². The van der Waals surface area contributed by atoms with E-state index < -0.39 is 129 Å². The maximum absolute atomic E-state index is 14.9. The van der Waals surface area contributed by atoms with E-state index in [1.807, 2.05) is 0 Å². The van der Waals surface area contributed by atoms with Crippen molar-refractivity contribution in [1.29, 1.82) is 0 Å². The Morgan fingerprint density at radius 2 is 0.529 bits per heavy atom. The van der Waals surface area contributed by atoms with Crippen molar-refractivity contribution >= 4 is 0 Å². The Morgan fingerprint density at radius 1 is 0.333 bits per heavy atom. The third-order valence-electron chi connectivity index (χ3n) is 5.48. The van der Waals surface area contributed by atoms with Gasteiger partial charge in [0.05, 0.1) is 0 Å². The highest BCUT2D eigenvalue weighted by Crippen LogP contribution is 2.56. The van der Waals surface area contributed by atoms with Gasteiger partial charge in [-0.05, 0) is 0 Å². The van der Waals surface area contributed by atoms with Crippen molar-refractivity contribution in [2.75, 3.05) is 0 Å². The van der Waals surface area contributed by atoms with Gasteiger partial charge in [0.1, 0.15) is 0 Å². The summed E-state index contributed by atoms with van der Waals surface area (Å²) in [5.74, 6) is -86.0. The lowest BCUT2D eigenvalue weighted by Crippen LogP contribution is -2.62. The molecule has 288 valence electrons. The summed E-state index contributed by atoms with van der Waals surface area (Å²) in [5, 5.41) is 0. The average molecular weight is 806 g/mol. The molecule has 0 N–H and O–H groups in total. The summed E-state index contributed by atoms with van der Waals surface area (Å²) in [4.78, 5) is 0. The van der Waals surface area contributed by atoms with Gasteiger partial charge >= 0.3 is 48.1 Å². The molecule has 0 aliphatic carbocycles. The Kier molecular flexibility index (Phi) is 11.1. The molecule has 0 spiro atoms. The fraction of sp³-hybridized carbons (Fsp3) is 0.273. The van der Waals surface area contributed by atoms with Crippen molar-refractivity contribution < 1.29 is 128 Å². The summed E-state index contributed by atoms with van der Waals surface area (Å²) in [6.45, 7) is 0. The number of rotatable bonds is 10. The van der Waals surface area contributed by atoms with Crippen LogP contribution in [0.15, 0.2) is 23.7 Å². The zero-order valence-corrected chi connectivity index (χ0v) is 22.1. The van der Waals surface area contributed by atoms with Gasteiger partial charge in [-0.25, -0.2) is 26.3 Å². The number of hydrogen-bond acceptors (Lipinski definition) is 3. The maximum atomic E-state index is 14.9. The minimum Gasteiger partial charge on any atom is -0.441 e. The highest BCUT2D eigenvalue weighted by atomic mass is 19.4. The number of ether oxygens (including phenoxy) is 3. The highest BCUT2D eigenvalue weighted by molar-refractivity contribution is 5.34. The molecular weight excluding hydrogens is 806 g/mol. The molecule has 2 aromatic rings. The summed E-state index contributed by atoms with van der Waals surface area (Å²) in [6, 6.07) is 0. The second-order valence-electron chi connectivity index (χ2n) is 8.62. The molecule has 0 bridgehead atoms. The molecule has 29 heteroatoms. The van der Waals surface area contributed by atoms with Crippen molar-refractivity contribution in [3.63, 3.8) is 0 Å². The van der Waals surface area contributed by atoms with Crippen molar-refractivity contribution in [1.82, 2.24) is 0 Å². The number of halogens is 26. The minimum absolute atomic E-state index is 2.24. The molecule has 0 amide bonds. The monoisotopic (exact) mass is 806 g/mol. The van der Waals surface area contributed by atoms with Crippen LogP contribution in [0.1, 0.15) is 0 Å². The highest BCUT2D eigenvalue weighted by Gasteiger charge is 2.81. The molecule has 2 aromatic carbocycles. The Balaban J connectivity index is 2.92. The predicted molar refractivity (Wildman–Crippen MR) is 103 cm³/mol. The van der Waals surface area contributed by atoms with Crippen molar-refractivity contribution in [2.24, 2.45) is 0 Å². The largest absolute Gasteiger partial charge is 0.467 e. The summed E-state index contributed by atoms with van der Waals surface area (Å²) in [5.41, 5.74) is 0. The van der Waals surface area contributed by atoms with Gasteiger partial charge in [0, 0.05) is 0 Å². The molecule has 51 heavy (non-hydrogen) atoms. The predicted octanol–water partition coefficient (Wildman–Crippen LogP) is 10.5. The van der Waals surface area contributed by atoms with E-state index in [2.05, 4.69) is 14.2 Å². The fourth-order valence-electron chi connectivity index (χ4n) is 3.07. The van der Waals surface area contributed by atoms with E-state index in [9.17, 15) is 114 Å². The average Bonchev–Trinajstić information content (AvgIpc) is 2.99. The Labute approximate surface area is 258 Å². The van der Waals surface area contributed by atoms with Gasteiger partial charge in [-0.1, -0.05) is 0 Å². The van der Waals surface area contributed by atoms with Gasteiger partial charge in [0.2, 0.25) is 81.2 Å². The van der Waals surface area contributed by atoms with Crippen LogP contribution < -0.4 is 9.47 Å². The Morgan fingerprint density at radius 3 is 0.706 bits per heavy atom. The molecule has 0 heterocycles. The first-order chi connectivity index (χ1) is 22.7. The lowest BCUT2D eigenvalue weighted by Gasteiger charge is -2.37. The molecule has 2 atom stereocenters. The first-order valence-corrected chi connectivity index (χ1v) is 11.1. The van der Waals surface area contributed by atoms with Crippen LogP contribution in [0.25, 0.3) is 0 Å². The molecule has 0 saturated heterocycles. The molecular formula is C22F26O3. The van der Waals surface area contributed by atoms with E-state index in [1.54, 1.807) is 0 Å². The number of alkyl halides is 12. The summed E-state index contributed by atoms with van der Waals surface area (Å²) < 4.78 is 365. The van der Waals surface area contributed by atoms with Crippen LogP contribution in [0, 0.1) is 58.2 Å². The van der Waals surface area contributed by atoms with Crippen LogP contribution >= 0.6 is 0 Å². The third kappa shape index (κ3) is 6.68. The van der Waals surface area contributed by atoms with Crippen LogP contribution in [-0.2, 0) is 4.74 Å². The molecule has 0 saturated carbocycles. The normalized spacial score (nSPS) is 15.2. The first kappa shape index (κ1) is 42.7. The van der Waals surface area contributed by atoms with Crippen LogP contribution in [0.2, 0.25) is 0 Å². The van der Waals surface area contributed by atoms with E-state index in [0.717, 1.165) is 0 Å². The quantitative estimate of drug-likeness (QED) is 0.104. The van der Waals surface area contributed by atoms with Gasteiger partial charge in [-0.3, -0.25) is 0 Å². The van der Waals surface area contributed by atoms with Crippen LogP contribution in [0.5, 0.6) is 11.5 Å². The lowest BCUT2D eigenvalue weighted by molar-refractivity contribution is -0.377. The van der Waals surface area contributed by atoms with Crippen molar-refractivity contribution in [3.8, 4) is 11.5 Å². The first-order valence-electron chi connectivity index (χ1n) is 11.1. The van der Waals surface area contributed by atoms with E-state index in [4.69, 9.17) is 0 Å². The maximum Gasteiger partial charge on any atom is 0.467 e. The Bertz CT molecular complexity index is 1580. The smallest absolute Gasteiger partial charge is 0.441 e. The molecule has 0 fully saturated rings. The summed E-state index contributed by atoms with van der Waals surface area (Å²) in [7, 11) is 0.